The van der Waals surface area contributed by atoms with Crippen LogP contribution in [0, 0.1) is 11.6 Å². The summed E-state index contributed by atoms with van der Waals surface area (Å²) in [6.45, 7) is 3.58. The Balaban J connectivity index is 1.62. The third-order valence-electron chi connectivity index (χ3n) is 4.38. The third kappa shape index (κ3) is 4.74. The van der Waals surface area contributed by atoms with Gasteiger partial charge in [0.25, 0.3) is 0 Å². The molecule has 0 spiro atoms. The maximum atomic E-state index is 14.2. The summed E-state index contributed by atoms with van der Waals surface area (Å²) in [5.74, 6) is -3.07. The molecule has 160 valence electrons. The minimum absolute atomic E-state index is 0.154. The van der Waals surface area contributed by atoms with E-state index in [0.717, 1.165) is 6.07 Å². The molecule has 3 N–H and O–H groups in total. The van der Waals surface area contributed by atoms with Crippen LogP contribution in [0.4, 0.5) is 14.7 Å². The van der Waals surface area contributed by atoms with E-state index < -0.39 is 29.6 Å². The molecule has 1 fully saturated rings. The minimum Gasteiger partial charge on any atom is -0.505 e. The predicted molar refractivity (Wildman–Crippen MR) is 101 cm³/mol. The highest BCUT2D eigenvalue weighted by molar-refractivity contribution is 5.87. The van der Waals surface area contributed by atoms with E-state index in [1.165, 1.54) is 25.6 Å². The fourth-order valence-electron chi connectivity index (χ4n) is 2.79. The number of benzene rings is 1. The molecule has 1 aliphatic rings. The molecule has 9 nitrogen and oxygen atoms in total. The van der Waals surface area contributed by atoms with Crippen molar-refractivity contribution in [3.8, 4) is 17.2 Å². The van der Waals surface area contributed by atoms with Gasteiger partial charge in [-0.25, -0.2) is 18.7 Å². The van der Waals surface area contributed by atoms with Crippen molar-refractivity contribution in [3.63, 3.8) is 0 Å². The fourth-order valence-corrected chi connectivity index (χ4v) is 2.79. The lowest BCUT2D eigenvalue weighted by atomic mass is 10.1. The van der Waals surface area contributed by atoms with Gasteiger partial charge in [0.15, 0.2) is 28.9 Å². The largest absolute Gasteiger partial charge is 0.505 e. The maximum Gasteiger partial charge on any atom is 0.243 e. The Hall–Kier alpha value is -3.47. The topological polar surface area (TPSA) is 115 Å². The third-order valence-corrected chi connectivity index (χ3v) is 4.38. The van der Waals surface area contributed by atoms with Crippen LogP contribution >= 0.6 is 0 Å². The normalized spacial score (nSPS) is 18.0. The molecule has 30 heavy (non-hydrogen) atoms. The second kappa shape index (κ2) is 9.35. The second-order valence-corrected chi connectivity index (χ2v) is 6.34. The molecule has 0 bridgehead atoms. The average molecular weight is 422 g/mol. The molecular weight excluding hydrogens is 402 g/mol. The zero-order valence-electron chi connectivity index (χ0n) is 16.0. The summed E-state index contributed by atoms with van der Waals surface area (Å²) in [4.78, 5) is 19.6. The number of phenols is 1. The molecule has 1 aromatic carbocycles. The van der Waals surface area contributed by atoms with Gasteiger partial charge in [-0.15, -0.1) is 0 Å². The molecule has 0 radical (unpaired) electrons. The van der Waals surface area contributed by atoms with Gasteiger partial charge < -0.3 is 30.0 Å². The van der Waals surface area contributed by atoms with Crippen molar-refractivity contribution >= 4 is 11.9 Å². The molecule has 0 aliphatic carbocycles. The summed E-state index contributed by atoms with van der Waals surface area (Å²) in [5, 5.41) is 15.3. The van der Waals surface area contributed by atoms with Crippen molar-refractivity contribution in [2.45, 2.75) is 18.7 Å². The van der Waals surface area contributed by atoms with Crippen molar-refractivity contribution in [1.29, 1.82) is 0 Å². The number of nitrogens with zero attached hydrogens (tertiary/aromatic N) is 2. The van der Waals surface area contributed by atoms with Gasteiger partial charge in [0.2, 0.25) is 11.9 Å². The summed E-state index contributed by atoms with van der Waals surface area (Å²) in [6.07, 6.45) is 3.81. The number of amides is 1. The van der Waals surface area contributed by atoms with Crippen LogP contribution in [0.5, 0.6) is 17.2 Å². The van der Waals surface area contributed by atoms with Gasteiger partial charge >= 0.3 is 0 Å². The Morgan fingerprint density at radius 2 is 2.03 bits per heavy atom. The molecule has 0 saturated carbocycles. The van der Waals surface area contributed by atoms with E-state index in [1.54, 1.807) is 0 Å². The number of carbonyl (C=O) groups is 1. The van der Waals surface area contributed by atoms with E-state index in [2.05, 4.69) is 27.2 Å². The first-order valence-electron chi connectivity index (χ1n) is 8.88. The van der Waals surface area contributed by atoms with Crippen LogP contribution in [0.15, 0.2) is 31.1 Å². The quantitative estimate of drug-likeness (QED) is 0.549. The number of hydrogen-bond acceptors (Lipinski definition) is 8. The smallest absolute Gasteiger partial charge is 0.243 e. The average Bonchev–Trinajstić information content (AvgIpc) is 3.18. The SMILES string of the molecule is C=CC(=O)N[C@H]1COC[C@H]1Nc1ncc(OCc2c(F)c(O)cc(OC)c2F)cn1. The number of nitrogens with one attached hydrogen (secondary N) is 2. The van der Waals surface area contributed by atoms with E-state index in [-0.39, 0.29) is 35.4 Å². The lowest BCUT2D eigenvalue weighted by Gasteiger charge is -2.19. The van der Waals surface area contributed by atoms with Crippen LogP contribution in [0.2, 0.25) is 0 Å². The molecular formula is C19H20F2N4O5. The van der Waals surface area contributed by atoms with Gasteiger partial charge in [-0.3, -0.25) is 4.79 Å². The standard InChI is InChI=1S/C19H20F2N4O5/c1-3-16(27)24-12-8-29-9-13(12)25-19-22-5-10(6-23-19)30-7-11-17(20)14(26)4-15(28-2)18(11)21/h3-6,12-13,26H,1,7-9H2,2H3,(H,24,27)(H,22,23,25)/t12-,13+/m0/s1. The number of hydrogen-bond donors (Lipinski definition) is 3. The molecule has 2 aromatic rings. The Morgan fingerprint density at radius 1 is 1.33 bits per heavy atom. The molecule has 2 atom stereocenters. The number of rotatable bonds is 8. The first-order chi connectivity index (χ1) is 14.4. The molecule has 3 rings (SSSR count). The van der Waals surface area contributed by atoms with E-state index in [1.807, 2.05) is 0 Å². The van der Waals surface area contributed by atoms with E-state index >= 15 is 0 Å². The Bertz CT molecular complexity index is 926. The zero-order chi connectivity index (χ0) is 21.7. The van der Waals surface area contributed by atoms with Gasteiger partial charge in [0, 0.05) is 6.07 Å². The molecule has 11 heteroatoms. The molecule has 1 aromatic heterocycles. The lowest BCUT2D eigenvalue weighted by Crippen LogP contribution is -2.45. The second-order valence-electron chi connectivity index (χ2n) is 6.34. The molecule has 1 saturated heterocycles. The number of aromatic hydroxyl groups is 1. The number of carbonyl (C=O) groups excluding carboxylic acids is 1. The van der Waals surface area contributed by atoms with Gasteiger partial charge in [-0.2, -0.15) is 0 Å². The fraction of sp³-hybridized carbons (Fsp3) is 0.316. The minimum atomic E-state index is -1.14. The van der Waals surface area contributed by atoms with Crippen molar-refractivity contribution in [3.05, 3.63) is 48.3 Å². The number of halogens is 2. The number of methoxy groups -OCH3 is 1. The summed E-state index contributed by atoms with van der Waals surface area (Å²) in [5.41, 5.74) is -0.488. The van der Waals surface area contributed by atoms with Gasteiger partial charge in [-0.1, -0.05) is 6.58 Å². The van der Waals surface area contributed by atoms with Crippen LogP contribution in [0.1, 0.15) is 5.56 Å². The highest BCUT2D eigenvalue weighted by Gasteiger charge is 2.29. The van der Waals surface area contributed by atoms with Crippen molar-refractivity contribution in [2.24, 2.45) is 0 Å². The highest BCUT2D eigenvalue weighted by atomic mass is 19.1. The summed E-state index contributed by atoms with van der Waals surface area (Å²) >= 11 is 0. The van der Waals surface area contributed by atoms with Gasteiger partial charge in [0.1, 0.15) is 6.61 Å². The van der Waals surface area contributed by atoms with Gasteiger partial charge in [-0.05, 0) is 6.08 Å². The van der Waals surface area contributed by atoms with E-state index in [9.17, 15) is 18.7 Å². The number of aromatic nitrogens is 2. The molecule has 2 heterocycles. The number of phenolic OH excluding ortho intramolecular Hbond substituents is 1. The van der Waals surface area contributed by atoms with Crippen molar-refractivity contribution < 1.29 is 32.9 Å². The van der Waals surface area contributed by atoms with Gasteiger partial charge in [0.05, 0.1) is 50.4 Å². The van der Waals surface area contributed by atoms with Crippen LogP contribution in [0.25, 0.3) is 0 Å². The number of ether oxygens (including phenoxy) is 3. The zero-order valence-corrected chi connectivity index (χ0v) is 16.0. The Labute approximate surface area is 170 Å². The number of anilines is 1. The first-order valence-corrected chi connectivity index (χ1v) is 8.88. The van der Waals surface area contributed by atoms with E-state index in [0.29, 0.717) is 13.2 Å². The molecule has 0 unspecified atom stereocenters. The Morgan fingerprint density at radius 3 is 2.70 bits per heavy atom. The highest BCUT2D eigenvalue weighted by Crippen LogP contribution is 2.31. The first kappa shape index (κ1) is 21.2. The summed E-state index contributed by atoms with van der Waals surface area (Å²) in [6, 6.07) is 0.320. The lowest BCUT2D eigenvalue weighted by molar-refractivity contribution is -0.117. The molecule has 1 aliphatic heterocycles. The molecule has 1 amide bonds. The Kier molecular flexibility index (Phi) is 6.62. The van der Waals surface area contributed by atoms with Crippen LogP contribution in [-0.2, 0) is 16.1 Å². The summed E-state index contributed by atoms with van der Waals surface area (Å²) < 4.78 is 43.7. The summed E-state index contributed by atoms with van der Waals surface area (Å²) in [7, 11) is 1.20. The van der Waals surface area contributed by atoms with E-state index in [4.69, 9.17) is 14.2 Å². The van der Waals surface area contributed by atoms with Crippen LogP contribution in [-0.4, -0.2) is 53.4 Å². The monoisotopic (exact) mass is 422 g/mol. The van der Waals surface area contributed by atoms with Crippen molar-refractivity contribution in [1.82, 2.24) is 15.3 Å². The maximum absolute atomic E-state index is 14.2. The van der Waals surface area contributed by atoms with Crippen molar-refractivity contribution in [2.75, 3.05) is 25.6 Å². The van der Waals surface area contributed by atoms with Crippen LogP contribution < -0.4 is 20.1 Å². The van der Waals surface area contributed by atoms with Crippen LogP contribution in [0.3, 0.4) is 0 Å². The predicted octanol–water partition coefficient (Wildman–Crippen LogP) is 1.53.